The van der Waals surface area contributed by atoms with Gasteiger partial charge in [-0.15, -0.1) is 0 Å². The number of rotatable bonds is 10. The van der Waals surface area contributed by atoms with Crippen LogP contribution < -0.4 is 0 Å². The maximum atomic E-state index is 6.16. The van der Waals surface area contributed by atoms with Gasteiger partial charge in [0.1, 0.15) is 0 Å². The molecule has 2 saturated carbocycles. The van der Waals surface area contributed by atoms with Crippen molar-refractivity contribution in [2.45, 2.75) is 62.7 Å². The van der Waals surface area contributed by atoms with Gasteiger partial charge in [0, 0.05) is 42.1 Å². The zero-order valence-corrected chi connectivity index (χ0v) is 20.0. The molecule has 0 amide bonds. The average Bonchev–Trinajstić information content (AvgIpc) is 3.48. The SMILES string of the molecule is CN(CCSc1ncc(CN(C)C2CCCCC2)n1-c1ccc(Cl)cc1)CC1CC1. The van der Waals surface area contributed by atoms with Crippen LogP contribution in [0.1, 0.15) is 50.6 Å². The molecule has 30 heavy (non-hydrogen) atoms. The molecular formula is C24H35ClN4S. The molecular weight excluding hydrogens is 412 g/mol. The van der Waals surface area contributed by atoms with Gasteiger partial charge in [-0.3, -0.25) is 9.47 Å². The fraction of sp³-hybridized carbons (Fsp3) is 0.625. The van der Waals surface area contributed by atoms with Crippen LogP contribution in [0, 0.1) is 5.92 Å². The van der Waals surface area contributed by atoms with Crippen molar-refractivity contribution in [3.8, 4) is 5.69 Å². The number of hydrogen-bond acceptors (Lipinski definition) is 4. The van der Waals surface area contributed by atoms with E-state index in [4.69, 9.17) is 16.6 Å². The lowest BCUT2D eigenvalue weighted by Crippen LogP contribution is -2.33. The number of imidazole rings is 1. The molecule has 4 nitrogen and oxygen atoms in total. The van der Waals surface area contributed by atoms with Crippen LogP contribution >= 0.6 is 23.4 Å². The molecule has 2 aliphatic carbocycles. The second kappa shape index (κ2) is 10.5. The summed E-state index contributed by atoms with van der Waals surface area (Å²) in [5.74, 6) is 2.00. The molecule has 1 aromatic heterocycles. The zero-order chi connectivity index (χ0) is 20.9. The van der Waals surface area contributed by atoms with Crippen LogP contribution in [0.25, 0.3) is 5.69 Å². The van der Waals surface area contributed by atoms with E-state index in [9.17, 15) is 0 Å². The van der Waals surface area contributed by atoms with Crippen molar-refractivity contribution >= 4 is 23.4 Å². The molecule has 4 rings (SSSR count). The molecule has 0 unspecified atom stereocenters. The van der Waals surface area contributed by atoms with Crippen LogP contribution in [-0.4, -0.2) is 58.3 Å². The van der Waals surface area contributed by atoms with Crippen molar-refractivity contribution in [3.05, 3.63) is 41.2 Å². The third-order valence-electron chi connectivity index (χ3n) is 6.47. The fourth-order valence-corrected chi connectivity index (χ4v) is 5.67. The Bertz CT molecular complexity index is 796. The molecule has 164 valence electrons. The predicted octanol–water partition coefficient (Wildman–Crippen LogP) is 5.72. The molecule has 0 saturated heterocycles. The normalized spacial score (nSPS) is 17.9. The Kier molecular flexibility index (Phi) is 7.79. The molecule has 1 aromatic carbocycles. The first-order valence-electron chi connectivity index (χ1n) is 11.4. The number of nitrogens with zero attached hydrogens (tertiary/aromatic N) is 4. The van der Waals surface area contributed by atoms with E-state index in [1.54, 1.807) is 0 Å². The molecule has 0 spiro atoms. The summed E-state index contributed by atoms with van der Waals surface area (Å²) in [6.07, 6.45) is 11.7. The second-order valence-corrected chi connectivity index (χ2v) is 10.6. The Morgan fingerprint density at radius 1 is 1.07 bits per heavy atom. The molecule has 0 bridgehead atoms. The van der Waals surface area contributed by atoms with E-state index in [1.807, 2.05) is 23.9 Å². The van der Waals surface area contributed by atoms with E-state index in [0.29, 0.717) is 6.04 Å². The van der Waals surface area contributed by atoms with Crippen molar-refractivity contribution in [2.24, 2.45) is 5.92 Å². The van der Waals surface area contributed by atoms with Crippen LogP contribution in [0.15, 0.2) is 35.6 Å². The Morgan fingerprint density at radius 3 is 2.50 bits per heavy atom. The summed E-state index contributed by atoms with van der Waals surface area (Å²) in [4.78, 5) is 9.83. The molecule has 0 atom stereocenters. The van der Waals surface area contributed by atoms with Crippen LogP contribution in [-0.2, 0) is 6.54 Å². The van der Waals surface area contributed by atoms with Gasteiger partial charge < -0.3 is 4.90 Å². The van der Waals surface area contributed by atoms with Crippen LogP contribution in [0.5, 0.6) is 0 Å². The minimum absolute atomic E-state index is 0.694. The smallest absolute Gasteiger partial charge is 0.172 e. The molecule has 2 fully saturated rings. The summed E-state index contributed by atoms with van der Waals surface area (Å²) in [5.41, 5.74) is 2.41. The van der Waals surface area contributed by atoms with E-state index in [-0.39, 0.29) is 0 Å². The summed E-state index contributed by atoms with van der Waals surface area (Å²) >= 11 is 8.02. The fourth-order valence-electron chi connectivity index (χ4n) is 4.48. The molecule has 2 aromatic rings. The summed E-state index contributed by atoms with van der Waals surface area (Å²) in [6.45, 7) is 3.28. The van der Waals surface area contributed by atoms with Gasteiger partial charge in [0.15, 0.2) is 5.16 Å². The van der Waals surface area contributed by atoms with Crippen LogP contribution in [0.3, 0.4) is 0 Å². The van der Waals surface area contributed by atoms with Crippen molar-refractivity contribution < 1.29 is 0 Å². The third-order valence-corrected chi connectivity index (χ3v) is 7.65. The quantitative estimate of drug-likeness (QED) is 0.435. The van der Waals surface area contributed by atoms with Gasteiger partial charge in [0.05, 0.1) is 11.9 Å². The Balaban J connectivity index is 1.46. The van der Waals surface area contributed by atoms with Gasteiger partial charge in [-0.25, -0.2) is 4.98 Å². The van der Waals surface area contributed by atoms with Gasteiger partial charge in [-0.1, -0.05) is 42.6 Å². The van der Waals surface area contributed by atoms with Crippen molar-refractivity contribution in [2.75, 3.05) is 32.9 Å². The highest BCUT2D eigenvalue weighted by atomic mass is 35.5. The van der Waals surface area contributed by atoms with Gasteiger partial charge in [-0.2, -0.15) is 0 Å². The Hall–Kier alpha value is -1.01. The first-order chi connectivity index (χ1) is 14.6. The van der Waals surface area contributed by atoms with Gasteiger partial charge in [0.25, 0.3) is 0 Å². The maximum Gasteiger partial charge on any atom is 0.172 e. The summed E-state index contributed by atoms with van der Waals surface area (Å²) in [5, 5.41) is 1.86. The topological polar surface area (TPSA) is 24.3 Å². The van der Waals surface area contributed by atoms with E-state index in [1.165, 1.54) is 57.2 Å². The first-order valence-corrected chi connectivity index (χ1v) is 12.8. The Morgan fingerprint density at radius 2 is 1.80 bits per heavy atom. The minimum atomic E-state index is 0.694. The minimum Gasteiger partial charge on any atom is -0.305 e. The second-order valence-electron chi connectivity index (χ2n) is 9.10. The third kappa shape index (κ3) is 6.03. The van der Waals surface area contributed by atoms with E-state index >= 15 is 0 Å². The number of aromatic nitrogens is 2. The number of thioether (sulfide) groups is 1. The highest BCUT2D eigenvalue weighted by Crippen LogP contribution is 2.30. The van der Waals surface area contributed by atoms with Crippen molar-refractivity contribution in [3.63, 3.8) is 0 Å². The maximum absolute atomic E-state index is 6.16. The largest absolute Gasteiger partial charge is 0.305 e. The highest BCUT2D eigenvalue weighted by Gasteiger charge is 2.23. The van der Waals surface area contributed by atoms with E-state index in [2.05, 4.69) is 46.8 Å². The lowest BCUT2D eigenvalue weighted by Gasteiger charge is -2.31. The standard InChI is InChI=1S/C24H35ClN4S/c1-27(17-19-8-9-19)14-15-30-24-26-16-23(18-28(2)21-6-4-3-5-7-21)29(24)22-12-10-20(25)11-13-22/h10-13,16,19,21H,3-9,14-15,17-18H2,1-2H3. The number of halogens is 1. The summed E-state index contributed by atoms with van der Waals surface area (Å²) < 4.78 is 2.33. The monoisotopic (exact) mass is 446 g/mol. The van der Waals surface area contributed by atoms with Gasteiger partial charge >= 0.3 is 0 Å². The molecule has 1 heterocycles. The highest BCUT2D eigenvalue weighted by molar-refractivity contribution is 7.99. The number of benzene rings is 1. The average molecular weight is 447 g/mol. The lowest BCUT2D eigenvalue weighted by molar-refractivity contribution is 0.182. The lowest BCUT2D eigenvalue weighted by atomic mass is 9.94. The van der Waals surface area contributed by atoms with Crippen LogP contribution in [0.2, 0.25) is 5.02 Å². The van der Waals surface area contributed by atoms with Crippen molar-refractivity contribution in [1.29, 1.82) is 0 Å². The number of hydrogen-bond donors (Lipinski definition) is 0. The van der Waals surface area contributed by atoms with E-state index in [0.717, 1.165) is 40.6 Å². The Labute approximate surface area is 191 Å². The summed E-state index contributed by atoms with van der Waals surface area (Å²) in [7, 11) is 4.52. The molecule has 0 radical (unpaired) electrons. The molecule has 6 heteroatoms. The molecule has 0 aliphatic heterocycles. The van der Waals surface area contributed by atoms with Crippen LogP contribution in [0.4, 0.5) is 0 Å². The molecule has 2 aliphatic rings. The predicted molar refractivity (Wildman–Crippen MR) is 128 cm³/mol. The molecule has 0 N–H and O–H groups in total. The van der Waals surface area contributed by atoms with Gasteiger partial charge in [0.2, 0.25) is 0 Å². The van der Waals surface area contributed by atoms with Crippen molar-refractivity contribution in [1.82, 2.24) is 19.4 Å². The first kappa shape index (κ1) is 22.2. The summed E-state index contributed by atoms with van der Waals surface area (Å²) in [6, 6.07) is 8.86. The zero-order valence-electron chi connectivity index (χ0n) is 18.4. The van der Waals surface area contributed by atoms with E-state index < -0.39 is 0 Å². The van der Waals surface area contributed by atoms with Gasteiger partial charge in [-0.05, 0) is 70.0 Å².